The molecule has 0 saturated carbocycles. The van der Waals surface area contributed by atoms with Gasteiger partial charge >= 0.3 is 0 Å². The van der Waals surface area contributed by atoms with Gasteiger partial charge in [-0.1, -0.05) is 84.4 Å². The molecule has 1 aliphatic heterocycles. The van der Waals surface area contributed by atoms with E-state index in [1.165, 1.54) is 0 Å². The summed E-state index contributed by atoms with van der Waals surface area (Å²) in [5, 5.41) is 6.09. The van der Waals surface area contributed by atoms with E-state index in [4.69, 9.17) is 14.0 Å². The minimum Gasteiger partial charge on any atom is -0.319 e. The van der Waals surface area contributed by atoms with Crippen molar-refractivity contribution in [3.63, 3.8) is 0 Å². The number of aromatic nitrogens is 2. The smallest absolute Gasteiger partial charge is 0.145 e. The Balaban J connectivity index is 0.00000397. The number of anilines is 3. The molecule has 0 atom stereocenters. The van der Waals surface area contributed by atoms with Crippen LogP contribution in [0.25, 0.3) is 38.8 Å². The van der Waals surface area contributed by atoms with Gasteiger partial charge < -0.3 is 4.57 Å². The number of hydrogen-bond donors (Lipinski definition) is 0. The molecular formula is C46H35N4OPt-. The molecule has 256 valence electrons. The molecule has 1 aliphatic carbocycles. The Kier molecular flexibility index (Phi) is 6.91. The van der Waals surface area contributed by atoms with Gasteiger partial charge in [0.2, 0.25) is 0 Å². The minimum atomic E-state index is -2.28. The average molecular weight is 858 g/mol. The third-order valence-corrected chi connectivity index (χ3v) is 10.4. The molecule has 10 rings (SSSR count). The van der Waals surface area contributed by atoms with Crippen molar-refractivity contribution < 1.29 is 30.1 Å². The number of benzene rings is 6. The summed E-state index contributed by atoms with van der Waals surface area (Å²) in [6, 6.07) is 55.7. The number of rotatable bonds is 5. The first kappa shape index (κ1) is 29.1. The number of para-hydroxylation sites is 3. The molecule has 0 bridgehead atoms. The van der Waals surface area contributed by atoms with E-state index in [-0.39, 0.29) is 32.7 Å². The van der Waals surface area contributed by atoms with Gasteiger partial charge in [0.15, 0.2) is 0 Å². The van der Waals surface area contributed by atoms with Crippen molar-refractivity contribution in [2.45, 2.75) is 32.2 Å². The number of hydrogen-bond acceptors (Lipinski definition) is 3. The predicted octanol–water partition coefficient (Wildman–Crippen LogP) is 10.7. The maximum atomic E-state index is 8.15. The van der Waals surface area contributed by atoms with Crippen molar-refractivity contribution in [1.29, 1.82) is 0 Å². The first-order chi connectivity index (χ1) is 26.2. The predicted molar refractivity (Wildman–Crippen MR) is 206 cm³/mol. The van der Waals surface area contributed by atoms with Gasteiger partial charge in [-0.15, -0.1) is 38.8 Å². The quantitative estimate of drug-likeness (QED) is 0.128. The van der Waals surface area contributed by atoms with E-state index >= 15 is 0 Å². The van der Waals surface area contributed by atoms with Crippen LogP contribution in [0.4, 0.5) is 17.1 Å². The fraction of sp³-hybridized carbons (Fsp3) is 0.109. The number of fused-ring (bicyclic) bond motifs is 7. The van der Waals surface area contributed by atoms with Crippen molar-refractivity contribution in [3.05, 3.63) is 186 Å². The minimum absolute atomic E-state index is 0. The van der Waals surface area contributed by atoms with Gasteiger partial charge in [-0.3, -0.25) is 0 Å². The maximum absolute atomic E-state index is 8.15. The normalized spacial score (nSPS) is 15.2. The molecule has 52 heavy (non-hydrogen) atoms. The Morgan fingerprint density at radius 1 is 0.692 bits per heavy atom. The van der Waals surface area contributed by atoms with Gasteiger partial charge in [0.05, 0.1) is 6.04 Å². The monoisotopic (exact) mass is 857 g/mol. The standard InChI is InChI=1S/C46H34N4O.Pt/c1-30(2)49-42-21-10-11-22-43(42)50(51-49)34-14-12-13-32(28-34)46(39-18-7-4-15-35(39)36-16-5-8-19-40(36)46)33-23-24-38-37-17-6-9-20-41(37)48(44(38)29-33)45-27-31(3)25-26-47-45;/h4-27,30H,1-3H3;/q-2;/p+1/i3D3;. The van der Waals surface area contributed by atoms with Gasteiger partial charge in [-0.05, 0) is 84.2 Å². The molecule has 1 N–H and O–H groups in total. The molecular weight excluding hydrogens is 820 g/mol. The molecule has 2 aliphatic rings. The Morgan fingerprint density at radius 3 is 2.15 bits per heavy atom. The second kappa shape index (κ2) is 12.3. The maximum Gasteiger partial charge on any atom is 0.145 e. The summed E-state index contributed by atoms with van der Waals surface area (Å²) in [5.41, 5.74) is 10.6. The van der Waals surface area contributed by atoms with Crippen LogP contribution >= 0.6 is 0 Å². The fourth-order valence-corrected chi connectivity index (χ4v) is 8.24. The van der Waals surface area contributed by atoms with Crippen LogP contribution in [0.5, 0.6) is 0 Å². The van der Waals surface area contributed by atoms with Crippen LogP contribution in [-0.4, -0.2) is 20.5 Å². The van der Waals surface area contributed by atoms with Crippen molar-refractivity contribution >= 4 is 38.9 Å². The van der Waals surface area contributed by atoms with Crippen LogP contribution in [0.2, 0.25) is 0 Å². The van der Waals surface area contributed by atoms with Crippen molar-refractivity contribution in [2.75, 3.05) is 10.1 Å². The fourth-order valence-electron chi connectivity index (χ4n) is 8.24. The number of pyridine rings is 1. The second-order valence-electron chi connectivity index (χ2n) is 13.5. The zero-order chi connectivity index (χ0) is 36.8. The van der Waals surface area contributed by atoms with E-state index in [2.05, 4.69) is 140 Å². The van der Waals surface area contributed by atoms with Gasteiger partial charge in [-0.25, -0.2) is 4.98 Å². The molecule has 3 heterocycles. The summed E-state index contributed by atoms with van der Waals surface area (Å²) >= 11 is 0. The number of aryl methyl sites for hydroxylation is 1. The van der Waals surface area contributed by atoms with Crippen LogP contribution in [-0.2, 0) is 26.5 Å². The summed E-state index contributed by atoms with van der Waals surface area (Å²) in [7, 11) is 0. The molecule has 8 aromatic rings. The summed E-state index contributed by atoms with van der Waals surface area (Å²) in [6.07, 6.45) is 1.58. The topological polar surface area (TPSA) is 37.1 Å². The molecule has 5 nitrogen and oxygen atoms in total. The molecule has 0 radical (unpaired) electrons. The zero-order valence-corrected chi connectivity index (χ0v) is 30.8. The van der Waals surface area contributed by atoms with Crippen LogP contribution < -0.4 is 10.1 Å². The largest absolute Gasteiger partial charge is 0.319 e. The van der Waals surface area contributed by atoms with Gasteiger partial charge in [0.25, 0.3) is 0 Å². The van der Waals surface area contributed by atoms with E-state index in [9.17, 15) is 0 Å². The summed E-state index contributed by atoms with van der Waals surface area (Å²) in [4.78, 5) is 9.82. The first-order valence-electron chi connectivity index (χ1n) is 18.8. The van der Waals surface area contributed by atoms with E-state index in [0.29, 0.717) is 5.82 Å². The van der Waals surface area contributed by atoms with Crippen molar-refractivity contribution in [1.82, 2.24) is 9.55 Å². The summed E-state index contributed by atoms with van der Waals surface area (Å²) < 4.78 is 26.5. The summed E-state index contributed by atoms with van der Waals surface area (Å²) in [6.45, 7) is 2.01. The van der Waals surface area contributed by atoms with E-state index in [0.717, 1.165) is 72.2 Å². The van der Waals surface area contributed by atoms with Crippen LogP contribution in [0.15, 0.2) is 146 Å². The molecule has 0 saturated heterocycles. The van der Waals surface area contributed by atoms with Gasteiger partial charge in [0, 0.05) is 48.0 Å². The van der Waals surface area contributed by atoms with Crippen LogP contribution in [0.1, 0.15) is 45.8 Å². The number of hydroxylamine groups is 1. The Labute approximate surface area is 322 Å². The Hall–Kier alpha value is -5.48. The van der Waals surface area contributed by atoms with Crippen LogP contribution in [0, 0.1) is 19.0 Å². The molecule has 0 spiro atoms. The number of nitrogens with zero attached hydrogens (tertiary/aromatic N) is 4. The summed E-state index contributed by atoms with van der Waals surface area (Å²) in [5.74, 6) is 0.530. The molecule has 0 fully saturated rings. The Bertz CT molecular complexity index is 2730. The van der Waals surface area contributed by atoms with Crippen molar-refractivity contribution in [3.8, 4) is 16.9 Å². The molecule has 6 aromatic carbocycles. The zero-order valence-electron chi connectivity index (χ0n) is 31.5. The van der Waals surface area contributed by atoms with E-state index < -0.39 is 12.3 Å². The average Bonchev–Trinajstić information content (AvgIpc) is 3.85. The van der Waals surface area contributed by atoms with E-state index in [1.807, 2.05) is 27.8 Å². The molecule has 2 aromatic heterocycles. The third kappa shape index (κ3) is 4.59. The second-order valence-corrected chi connectivity index (χ2v) is 13.5. The van der Waals surface area contributed by atoms with Gasteiger partial charge in [-0.2, -0.15) is 35.3 Å². The molecule has 6 heteroatoms. The Morgan fingerprint density at radius 2 is 1.38 bits per heavy atom. The molecule has 0 amide bonds. The van der Waals surface area contributed by atoms with E-state index in [1.54, 1.807) is 18.3 Å². The van der Waals surface area contributed by atoms with Gasteiger partial charge in [0.1, 0.15) is 17.2 Å². The molecule has 0 unspecified atom stereocenters. The SMILES string of the molecule is [2H]C([2H])([2H])c1ccnc(-n2c3[c-]c(C4(c5[c-]c(N6[OH+]N(C(C)C)c7ccccc76)ccc5)c5ccccc5-c5ccccc54)ccc3c3ccccc32)c1.[Pt]. The first-order valence-corrected chi connectivity index (χ1v) is 17.3. The van der Waals surface area contributed by atoms with Crippen molar-refractivity contribution in [2.24, 2.45) is 0 Å². The van der Waals surface area contributed by atoms with Crippen LogP contribution in [0.3, 0.4) is 0 Å². The third-order valence-electron chi connectivity index (χ3n) is 10.4.